The van der Waals surface area contributed by atoms with Gasteiger partial charge >= 0.3 is 5.97 Å². The minimum absolute atomic E-state index is 0.0156. The summed E-state index contributed by atoms with van der Waals surface area (Å²) in [6, 6.07) is 2.31. The first-order valence-corrected chi connectivity index (χ1v) is 14.1. The number of nitrogens with zero attached hydrogens (tertiary/aromatic N) is 4. The van der Waals surface area contributed by atoms with Crippen LogP contribution in [-0.2, 0) is 4.79 Å². The molecule has 0 atom stereocenters. The second-order valence-corrected chi connectivity index (χ2v) is 11.7. The maximum atomic E-state index is 14.1. The molecule has 188 valence electrons. The van der Waals surface area contributed by atoms with Crippen molar-refractivity contribution in [2.24, 2.45) is 11.8 Å². The second-order valence-electron chi connectivity index (χ2n) is 10.6. The van der Waals surface area contributed by atoms with E-state index in [0.717, 1.165) is 75.5 Å². The van der Waals surface area contributed by atoms with E-state index in [1.165, 1.54) is 23.3 Å². The lowest BCUT2D eigenvalue weighted by atomic mass is 9.81. The van der Waals surface area contributed by atoms with Crippen molar-refractivity contribution >= 4 is 34.5 Å². The molecule has 1 N–H and O–H groups in total. The van der Waals surface area contributed by atoms with E-state index in [9.17, 15) is 14.7 Å². The van der Waals surface area contributed by atoms with Crippen LogP contribution in [0.25, 0.3) is 5.57 Å². The largest absolute Gasteiger partial charge is 0.477 e. The van der Waals surface area contributed by atoms with Crippen LogP contribution in [0.15, 0.2) is 24.5 Å². The number of allylic oxidation sites excluding steroid dienone is 2. The molecular formula is C27H36N4O3S. The summed E-state index contributed by atoms with van der Waals surface area (Å²) in [6.07, 6.45) is 17.6. The Kier molecular flexibility index (Phi) is 7.37. The fourth-order valence-corrected chi connectivity index (χ4v) is 7.18. The highest BCUT2D eigenvalue weighted by Gasteiger charge is 2.38. The predicted octanol–water partition coefficient (Wildman–Crippen LogP) is 6.34. The minimum atomic E-state index is -0.931. The Morgan fingerprint density at radius 1 is 1.09 bits per heavy atom. The van der Waals surface area contributed by atoms with E-state index in [0.29, 0.717) is 16.5 Å². The van der Waals surface area contributed by atoms with Gasteiger partial charge in [0.2, 0.25) is 5.91 Å². The Labute approximate surface area is 211 Å². The molecule has 7 nitrogen and oxygen atoms in total. The Bertz CT molecular complexity index is 1060. The van der Waals surface area contributed by atoms with E-state index >= 15 is 0 Å². The van der Waals surface area contributed by atoms with Gasteiger partial charge < -0.3 is 10.0 Å². The molecule has 2 fully saturated rings. The van der Waals surface area contributed by atoms with Crippen LogP contribution in [0.3, 0.4) is 0 Å². The Morgan fingerprint density at radius 2 is 1.86 bits per heavy atom. The number of hydrogen-bond donors (Lipinski definition) is 1. The third-order valence-electron chi connectivity index (χ3n) is 8.22. The van der Waals surface area contributed by atoms with Crippen LogP contribution in [0.2, 0.25) is 0 Å². The number of carbonyl (C=O) groups excluding carboxylic acids is 1. The molecule has 0 unspecified atom stereocenters. The summed E-state index contributed by atoms with van der Waals surface area (Å²) >= 11 is 1.35. The van der Waals surface area contributed by atoms with E-state index < -0.39 is 5.97 Å². The van der Waals surface area contributed by atoms with Gasteiger partial charge in [0.15, 0.2) is 0 Å². The molecule has 0 aromatic carbocycles. The third kappa shape index (κ3) is 5.22. The number of hydrogen-bond acceptors (Lipinski definition) is 5. The van der Waals surface area contributed by atoms with E-state index in [1.807, 2.05) is 21.8 Å². The molecule has 0 saturated heterocycles. The SMILES string of the molecule is C[C@H]1CC[C@H](C(=O)N(c2cc(C3=CCCCC3)sc2C(=O)O)[C@H]2CC[C@H](n3ccnn3)CC2)CC1. The molecule has 0 bridgehead atoms. The van der Waals surface area contributed by atoms with Crippen molar-refractivity contribution in [1.29, 1.82) is 0 Å². The van der Waals surface area contributed by atoms with Gasteiger partial charge in [-0.15, -0.1) is 16.4 Å². The summed E-state index contributed by atoms with van der Waals surface area (Å²) in [5.41, 5.74) is 1.86. The molecular weight excluding hydrogens is 460 g/mol. The third-order valence-corrected chi connectivity index (χ3v) is 9.41. The molecule has 3 aliphatic carbocycles. The number of carboxylic acids is 1. The fraction of sp³-hybridized carbons (Fsp3) is 0.630. The Morgan fingerprint density at radius 3 is 2.49 bits per heavy atom. The van der Waals surface area contributed by atoms with Crippen LogP contribution in [0.5, 0.6) is 0 Å². The highest BCUT2D eigenvalue weighted by molar-refractivity contribution is 7.15. The topological polar surface area (TPSA) is 88.3 Å². The monoisotopic (exact) mass is 496 g/mol. The zero-order valence-electron chi connectivity index (χ0n) is 20.6. The van der Waals surface area contributed by atoms with Crippen LogP contribution < -0.4 is 4.90 Å². The standard InChI is InChI=1S/C27H36N4O3S/c1-18-7-9-20(10-8-18)26(32)31(22-13-11-21(12-14-22)30-16-15-28-29-30)23-17-24(35-25(23)27(33)34)19-5-3-2-4-6-19/h5,15-18,20-22H,2-4,6-14H2,1H3,(H,33,34)/t18-,20-,21-,22-. The summed E-state index contributed by atoms with van der Waals surface area (Å²) in [5, 5.41) is 18.3. The molecule has 1 amide bonds. The van der Waals surface area contributed by atoms with Crippen molar-refractivity contribution in [3.63, 3.8) is 0 Å². The predicted molar refractivity (Wildman–Crippen MR) is 138 cm³/mol. The summed E-state index contributed by atoms with van der Waals surface area (Å²) in [4.78, 5) is 29.7. The number of carbonyl (C=O) groups is 2. The van der Waals surface area contributed by atoms with Gasteiger partial charge in [0.1, 0.15) is 4.88 Å². The molecule has 35 heavy (non-hydrogen) atoms. The van der Waals surface area contributed by atoms with E-state index in [2.05, 4.69) is 23.3 Å². The fourth-order valence-electron chi connectivity index (χ4n) is 6.13. The van der Waals surface area contributed by atoms with E-state index in [-0.39, 0.29) is 23.9 Å². The van der Waals surface area contributed by atoms with Crippen LogP contribution in [-0.4, -0.2) is 38.0 Å². The summed E-state index contributed by atoms with van der Waals surface area (Å²) in [6.45, 7) is 2.26. The lowest BCUT2D eigenvalue weighted by molar-refractivity contribution is -0.124. The molecule has 0 aliphatic heterocycles. The normalized spacial score (nSPS) is 27.3. The average molecular weight is 497 g/mol. The number of amides is 1. The molecule has 2 heterocycles. The Hall–Kier alpha value is -2.48. The van der Waals surface area contributed by atoms with Crippen LogP contribution in [0, 0.1) is 11.8 Å². The lowest BCUT2D eigenvalue weighted by Crippen LogP contribution is -2.46. The molecule has 5 rings (SSSR count). The van der Waals surface area contributed by atoms with Gasteiger partial charge in [-0.1, -0.05) is 18.2 Å². The first kappa shape index (κ1) is 24.2. The van der Waals surface area contributed by atoms with Crippen LogP contribution in [0.4, 0.5) is 5.69 Å². The first-order valence-electron chi connectivity index (χ1n) is 13.3. The highest BCUT2D eigenvalue weighted by Crippen LogP contribution is 2.42. The van der Waals surface area contributed by atoms with Gasteiger partial charge in [0.05, 0.1) is 17.9 Å². The zero-order valence-corrected chi connectivity index (χ0v) is 21.4. The van der Waals surface area contributed by atoms with Crippen LogP contribution >= 0.6 is 11.3 Å². The maximum absolute atomic E-state index is 14.1. The van der Waals surface area contributed by atoms with Gasteiger partial charge in [-0.05, 0) is 94.6 Å². The van der Waals surface area contributed by atoms with Crippen molar-refractivity contribution in [2.75, 3.05) is 4.90 Å². The first-order chi connectivity index (χ1) is 17.0. The number of carboxylic acid groups (broad SMARTS) is 1. The maximum Gasteiger partial charge on any atom is 0.348 e. The molecule has 2 saturated carbocycles. The summed E-state index contributed by atoms with van der Waals surface area (Å²) < 4.78 is 1.92. The van der Waals surface area contributed by atoms with Crippen molar-refractivity contribution < 1.29 is 14.7 Å². The number of anilines is 1. The van der Waals surface area contributed by atoms with Crippen LogP contribution in [0.1, 0.15) is 105 Å². The molecule has 8 heteroatoms. The molecule has 2 aromatic heterocycles. The van der Waals surface area contributed by atoms with Gasteiger partial charge in [0.25, 0.3) is 0 Å². The van der Waals surface area contributed by atoms with Gasteiger partial charge in [-0.3, -0.25) is 4.79 Å². The zero-order chi connectivity index (χ0) is 24.4. The quantitative estimate of drug-likeness (QED) is 0.504. The number of rotatable bonds is 6. The number of aromatic nitrogens is 3. The molecule has 2 aromatic rings. The van der Waals surface area contributed by atoms with Crippen molar-refractivity contribution in [2.45, 2.75) is 96.1 Å². The van der Waals surface area contributed by atoms with E-state index in [4.69, 9.17) is 0 Å². The molecule has 0 radical (unpaired) electrons. The smallest absolute Gasteiger partial charge is 0.348 e. The Balaban J connectivity index is 1.46. The molecule has 0 spiro atoms. The summed E-state index contributed by atoms with van der Waals surface area (Å²) in [7, 11) is 0. The van der Waals surface area contributed by atoms with E-state index in [1.54, 1.807) is 6.20 Å². The van der Waals surface area contributed by atoms with Crippen molar-refractivity contribution in [1.82, 2.24) is 15.0 Å². The average Bonchev–Trinajstić information content (AvgIpc) is 3.57. The highest BCUT2D eigenvalue weighted by atomic mass is 32.1. The number of aromatic carboxylic acids is 1. The van der Waals surface area contributed by atoms with Gasteiger partial charge in [0, 0.05) is 23.0 Å². The molecule has 3 aliphatic rings. The van der Waals surface area contributed by atoms with Crippen molar-refractivity contribution in [3.8, 4) is 0 Å². The minimum Gasteiger partial charge on any atom is -0.477 e. The van der Waals surface area contributed by atoms with Crippen molar-refractivity contribution in [3.05, 3.63) is 34.3 Å². The summed E-state index contributed by atoms with van der Waals surface area (Å²) in [5.74, 6) is -0.158. The second kappa shape index (κ2) is 10.6. The van der Waals surface area contributed by atoms with Gasteiger partial charge in [-0.2, -0.15) is 0 Å². The van der Waals surface area contributed by atoms with Gasteiger partial charge in [-0.25, -0.2) is 9.48 Å². The number of thiophene rings is 1. The lowest BCUT2D eigenvalue weighted by Gasteiger charge is -2.39.